The van der Waals surface area contributed by atoms with Crippen LogP contribution < -0.4 is 16.0 Å². The topological polar surface area (TPSA) is 163 Å². The molecule has 1 aromatic heterocycles. The number of hydrogen-bond acceptors (Lipinski definition) is 5. The first-order valence-corrected chi connectivity index (χ1v) is 11.4. The minimum Gasteiger partial charge on any atom is -0.481 e. The molecule has 2 aromatic rings. The Balaban J connectivity index is 1.77. The number of nitrogens with two attached hydrogens (primary N) is 1. The van der Waals surface area contributed by atoms with Gasteiger partial charge in [0.05, 0.1) is 28.5 Å². The van der Waals surface area contributed by atoms with Crippen molar-refractivity contribution >= 4 is 63.8 Å². The number of rotatable bonds is 9. The standard InChI is InChI=1S/C22H25Cl2N5O5/c23-14-9-12(15(25)3-5-26-6-7-27-17(31)1-2-19(33)34)20-13-10-29(18(32)11-30)8-4-16(13)28-22(20)21(14)24/h3,5,9,28,30H,1-2,4,6-8,10-11,25H2,(H,27,31)(H,33,34)/p+1/b15-3-,26-5?. The summed E-state index contributed by atoms with van der Waals surface area (Å²) in [6, 6.07) is 1.68. The van der Waals surface area contributed by atoms with E-state index in [1.54, 1.807) is 23.3 Å². The average molecular weight is 511 g/mol. The number of nitrogens with zero attached hydrogens (tertiary/aromatic N) is 1. The summed E-state index contributed by atoms with van der Waals surface area (Å²) in [7, 11) is 0. The second-order valence-corrected chi connectivity index (χ2v) is 8.55. The summed E-state index contributed by atoms with van der Waals surface area (Å²) in [4.78, 5) is 41.9. The molecule has 0 unspecified atom stereocenters. The van der Waals surface area contributed by atoms with Crippen LogP contribution in [0.1, 0.15) is 29.7 Å². The molecule has 2 heterocycles. The number of allylic oxidation sites excluding steroid dienone is 1. The van der Waals surface area contributed by atoms with Crippen LogP contribution in [0.4, 0.5) is 0 Å². The van der Waals surface area contributed by atoms with Crippen LogP contribution in [-0.4, -0.2) is 70.3 Å². The van der Waals surface area contributed by atoms with Crippen molar-refractivity contribution in [3.63, 3.8) is 0 Å². The van der Waals surface area contributed by atoms with Crippen LogP contribution in [0.2, 0.25) is 10.0 Å². The monoisotopic (exact) mass is 510 g/mol. The minimum absolute atomic E-state index is 0.0679. The molecule has 0 saturated carbocycles. The molecule has 1 aliphatic rings. The number of aliphatic carboxylic acids is 1. The van der Waals surface area contributed by atoms with Crippen LogP contribution in [0.5, 0.6) is 0 Å². The summed E-state index contributed by atoms with van der Waals surface area (Å²) < 4.78 is 0. The van der Waals surface area contributed by atoms with Gasteiger partial charge in [0.1, 0.15) is 6.61 Å². The number of aliphatic hydroxyl groups excluding tert-OH is 1. The number of aromatic amines is 1. The Hall–Kier alpha value is -3.08. The van der Waals surface area contributed by atoms with E-state index in [2.05, 4.69) is 15.3 Å². The van der Waals surface area contributed by atoms with Gasteiger partial charge in [0.2, 0.25) is 11.8 Å². The Kier molecular flexibility index (Phi) is 8.54. The van der Waals surface area contributed by atoms with Crippen molar-refractivity contribution in [3.05, 3.63) is 39.0 Å². The first kappa shape index (κ1) is 25.5. The molecule has 0 atom stereocenters. The molecule has 12 heteroatoms. The van der Waals surface area contributed by atoms with Crippen molar-refractivity contribution < 1.29 is 29.6 Å². The van der Waals surface area contributed by atoms with Gasteiger partial charge in [0.15, 0.2) is 12.8 Å². The third-order valence-corrected chi connectivity index (χ3v) is 6.27. The number of carbonyl (C=O) groups excluding carboxylic acids is 2. The number of nitrogens with one attached hydrogen (secondary N) is 3. The predicted molar refractivity (Wildman–Crippen MR) is 128 cm³/mol. The van der Waals surface area contributed by atoms with Crippen molar-refractivity contribution in [2.24, 2.45) is 5.73 Å². The molecule has 0 spiro atoms. The van der Waals surface area contributed by atoms with Crippen LogP contribution >= 0.6 is 23.2 Å². The molecule has 10 nitrogen and oxygen atoms in total. The molecular formula is C22H26Cl2N5O5+. The Labute approximate surface area is 205 Å². The van der Waals surface area contributed by atoms with Crippen molar-refractivity contribution in [1.82, 2.24) is 15.2 Å². The van der Waals surface area contributed by atoms with Gasteiger partial charge in [-0.05, 0) is 6.07 Å². The second-order valence-electron chi connectivity index (χ2n) is 7.76. The molecule has 0 fully saturated rings. The van der Waals surface area contributed by atoms with Crippen LogP contribution in [0.25, 0.3) is 16.6 Å². The maximum Gasteiger partial charge on any atom is 0.303 e. The number of amides is 2. The Morgan fingerprint density at radius 2 is 2.06 bits per heavy atom. The molecule has 0 bridgehead atoms. The van der Waals surface area contributed by atoms with Crippen LogP contribution in [0.3, 0.4) is 0 Å². The average Bonchev–Trinajstić information content (AvgIpc) is 3.20. The van der Waals surface area contributed by atoms with Crippen molar-refractivity contribution in [2.45, 2.75) is 25.8 Å². The summed E-state index contributed by atoms with van der Waals surface area (Å²) in [6.45, 7) is 0.975. The first-order valence-electron chi connectivity index (χ1n) is 10.6. The predicted octanol–water partition coefficient (Wildman–Crippen LogP) is -0.216. The highest BCUT2D eigenvalue weighted by Crippen LogP contribution is 2.39. The lowest BCUT2D eigenvalue weighted by atomic mass is 9.99. The molecule has 0 saturated heterocycles. The van der Waals surface area contributed by atoms with Crippen LogP contribution in [0, 0.1) is 0 Å². The molecule has 182 valence electrons. The molecule has 1 aliphatic heterocycles. The van der Waals surface area contributed by atoms with Gasteiger partial charge in [-0.25, -0.2) is 4.99 Å². The highest BCUT2D eigenvalue weighted by molar-refractivity contribution is 6.45. The lowest BCUT2D eigenvalue weighted by Gasteiger charge is -2.27. The van der Waals surface area contributed by atoms with E-state index in [0.717, 1.165) is 16.6 Å². The van der Waals surface area contributed by atoms with Gasteiger partial charge < -0.3 is 31.1 Å². The van der Waals surface area contributed by atoms with E-state index in [-0.39, 0.29) is 24.7 Å². The van der Waals surface area contributed by atoms with Crippen molar-refractivity contribution in [2.75, 3.05) is 26.2 Å². The van der Waals surface area contributed by atoms with Gasteiger partial charge in [-0.3, -0.25) is 14.4 Å². The van der Waals surface area contributed by atoms with Crippen LogP contribution in [0.15, 0.2) is 12.1 Å². The highest BCUT2D eigenvalue weighted by atomic mass is 35.5. The fraction of sp³-hybridized carbons (Fsp3) is 0.364. The number of carboxylic acids is 1. The maximum absolute atomic E-state index is 12.0. The van der Waals surface area contributed by atoms with Crippen molar-refractivity contribution in [3.8, 4) is 0 Å². The molecular weight excluding hydrogens is 485 g/mol. The van der Waals surface area contributed by atoms with E-state index in [1.165, 1.54) is 0 Å². The first-order chi connectivity index (χ1) is 16.2. The quantitative estimate of drug-likeness (QED) is 0.202. The lowest BCUT2D eigenvalue weighted by molar-refractivity contribution is -0.448. The van der Waals surface area contributed by atoms with E-state index in [0.29, 0.717) is 59.4 Å². The van der Waals surface area contributed by atoms with E-state index in [1.807, 2.05) is 0 Å². The summed E-state index contributed by atoms with van der Waals surface area (Å²) in [5.41, 5.74) is 9.88. The van der Waals surface area contributed by atoms with E-state index in [9.17, 15) is 19.5 Å². The van der Waals surface area contributed by atoms with Gasteiger partial charge in [-0.2, -0.15) is 0 Å². The number of carbonyl (C=O) groups is 3. The third-order valence-electron chi connectivity index (χ3n) is 5.48. The lowest BCUT2D eigenvalue weighted by Crippen LogP contribution is -2.71. The van der Waals surface area contributed by atoms with Gasteiger partial charge in [-0.1, -0.05) is 23.2 Å². The highest BCUT2D eigenvalue weighted by Gasteiger charge is 2.27. The smallest absolute Gasteiger partial charge is 0.303 e. The number of halogens is 2. The Bertz CT molecular complexity index is 1170. The van der Waals surface area contributed by atoms with Crippen molar-refractivity contribution in [1.29, 1.82) is 0 Å². The van der Waals surface area contributed by atoms with Gasteiger partial charge in [-0.15, -0.1) is 0 Å². The largest absolute Gasteiger partial charge is 0.481 e. The van der Waals surface area contributed by atoms with Gasteiger partial charge in [0, 0.05) is 59.9 Å². The molecule has 2 amide bonds. The molecule has 7 N–H and O–H groups in total. The minimum atomic E-state index is -1.02. The molecule has 3 rings (SSSR count). The Morgan fingerprint density at radius 3 is 2.76 bits per heavy atom. The number of carboxylic acid groups (broad SMARTS) is 1. The maximum atomic E-state index is 12.0. The summed E-state index contributed by atoms with van der Waals surface area (Å²) in [6.07, 6.45) is 3.59. The zero-order valence-corrected chi connectivity index (χ0v) is 19.8. The molecule has 0 radical (unpaired) electrons. The summed E-state index contributed by atoms with van der Waals surface area (Å²) in [5.74, 6) is -1.70. The fourth-order valence-corrected chi connectivity index (χ4v) is 4.18. The number of aliphatic hydroxyl groups is 1. The third kappa shape index (κ3) is 5.88. The van der Waals surface area contributed by atoms with Gasteiger partial charge in [0.25, 0.3) is 0 Å². The Morgan fingerprint density at radius 1 is 1.29 bits per heavy atom. The zero-order chi connectivity index (χ0) is 24.8. The van der Waals surface area contributed by atoms with Gasteiger partial charge >= 0.3 is 5.97 Å². The number of H-pyrrole nitrogens is 1. The SMILES string of the molecule is N/C(=C\C=[NH+]CCNC(=O)CCC(=O)O)c1cc(Cl)c(Cl)c2[nH]c3c(c12)CN(C(=O)CO)CC3. The molecule has 1 aromatic carbocycles. The zero-order valence-electron chi connectivity index (χ0n) is 18.3. The number of fused-ring (bicyclic) bond motifs is 3. The number of hydrogen-bond donors (Lipinski definition) is 6. The second kappa shape index (κ2) is 11.4. The number of benzene rings is 1. The van der Waals surface area contributed by atoms with E-state index < -0.39 is 12.6 Å². The van der Waals surface area contributed by atoms with Crippen LogP contribution in [-0.2, 0) is 27.3 Å². The summed E-state index contributed by atoms with van der Waals surface area (Å²) in [5, 5.41) is 21.9. The summed E-state index contributed by atoms with van der Waals surface area (Å²) >= 11 is 12.8. The molecule has 0 aliphatic carbocycles. The molecule has 34 heavy (non-hydrogen) atoms. The fourth-order valence-electron chi connectivity index (χ4n) is 3.78. The van der Waals surface area contributed by atoms with E-state index >= 15 is 0 Å². The normalized spacial score (nSPS) is 14.0. The number of aromatic nitrogens is 1. The van der Waals surface area contributed by atoms with E-state index in [4.69, 9.17) is 34.0 Å².